The summed E-state index contributed by atoms with van der Waals surface area (Å²) < 4.78 is 13.5. The van der Waals surface area contributed by atoms with Crippen LogP contribution in [0.5, 0.6) is 0 Å². The van der Waals surface area contributed by atoms with E-state index in [1.165, 1.54) is 35.6 Å². The summed E-state index contributed by atoms with van der Waals surface area (Å²) in [6, 6.07) is 12.2. The highest BCUT2D eigenvalue weighted by Crippen LogP contribution is 2.46. The van der Waals surface area contributed by atoms with Gasteiger partial charge in [-0.1, -0.05) is 51.1 Å². The molecule has 0 bridgehead atoms. The number of halogens is 1. The molecule has 0 saturated carbocycles. The Hall–Kier alpha value is -5.18. The molecule has 46 heavy (non-hydrogen) atoms. The number of fused-ring (bicyclic) bond motifs is 2. The first kappa shape index (κ1) is 32.2. The van der Waals surface area contributed by atoms with Gasteiger partial charge in [0, 0.05) is 31.0 Å². The second-order valence-corrected chi connectivity index (χ2v) is 13.0. The zero-order valence-electron chi connectivity index (χ0n) is 25.9. The zero-order chi connectivity index (χ0) is 33.1. The van der Waals surface area contributed by atoms with Crippen molar-refractivity contribution in [2.24, 2.45) is 5.41 Å². The summed E-state index contributed by atoms with van der Waals surface area (Å²) in [5.41, 5.74) is 0.659. The van der Waals surface area contributed by atoms with Crippen molar-refractivity contribution in [1.82, 2.24) is 25.5 Å². The molecule has 2 aliphatic heterocycles. The monoisotopic (exact) mass is 625 g/mol. The van der Waals surface area contributed by atoms with Gasteiger partial charge in [0.1, 0.15) is 29.6 Å². The Morgan fingerprint density at radius 2 is 1.85 bits per heavy atom. The number of aryl methyl sites for hydroxylation is 1. The van der Waals surface area contributed by atoms with E-state index in [9.17, 15) is 28.8 Å². The van der Waals surface area contributed by atoms with Crippen LogP contribution in [0.4, 0.5) is 10.1 Å². The number of nitriles is 1. The van der Waals surface area contributed by atoms with Crippen molar-refractivity contribution in [3.63, 3.8) is 0 Å². The number of amides is 4. The maximum atomic E-state index is 14.3. The van der Waals surface area contributed by atoms with Gasteiger partial charge in [-0.2, -0.15) is 5.26 Å². The van der Waals surface area contributed by atoms with Crippen molar-refractivity contribution in [2.75, 3.05) is 11.9 Å². The van der Waals surface area contributed by atoms with Gasteiger partial charge in [0.15, 0.2) is 0 Å². The molecule has 1 saturated heterocycles. The largest absolute Gasteiger partial charge is 0.342 e. The molecule has 0 radical (unpaired) electrons. The Morgan fingerprint density at radius 3 is 2.52 bits per heavy atom. The van der Waals surface area contributed by atoms with Crippen LogP contribution in [-0.2, 0) is 26.2 Å². The number of carbonyl (C=O) groups is 4. The molecule has 4 amide bonds. The fraction of sp³-hybridized carbons (Fsp3) is 0.382. The first-order chi connectivity index (χ1) is 21.9. The summed E-state index contributed by atoms with van der Waals surface area (Å²) in [5.74, 6) is -2.37. The standard InChI is InChI=1S/C34H36FN7O4/c1-33(2,3)17-27(31(45)42-20-34(16-23(42)18-36)24-6-4-5-7-25(24)41-32(34)46)40-29(43)26(13-10-21-8-11-22(35)12-9-21)39-30(44)28-19-37-14-15-38-28/h4-9,11-12,14-15,19,23,26-27H,10,13,16-17,20H2,1-3H3,(H,39,44)(H,40,43)(H,41,46)/t23-,26-,27-,34-/m0/s1. The molecule has 1 fully saturated rings. The Labute approximate surface area is 266 Å². The molecular weight excluding hydrogens is 589 g/mol. The highest BCUT2D eigenvalue weighted by atomic mass is 19.1. The lowest BCUT2D eigenvalue weighted by molar-refractivity contribution is -0.138. The van der Waals surface area contributed by atoms with E-state index in [-0.39, 0.29) is 37.4 Å². The molecule has 238 valence electrons. The minimum atomic E-state index is -1.08. The van der Waals surface area contributed by atoms with Crippen LogP contribution in [0.15, 0.2) is 67.1 Å². The molecule has 1 spiro atoms. The highest BCUT2D eigenvalue weighted by molar-refractivity contribution is 6.07. The van der Waals surface area contributed by atoms with Crippen LogP contribution in [0, 0.1) is 22.6 Å². The smallest absolute Gasteiger partial charge is 0.272 e. The first-order valence-electron chi connectivity index (χ1n) is 15.1. The van der Waals surface area contributed by atoms with Crippen molar-refractivity contribution < 1.29 is 23.6 Å². The van der Waals surface area contributed by atoms with E-state index in [1.54, 1.807) is 18.2 Å². The molecule has 5 rings (SSSR count). The van der Waals surface area contributed by atoms with Gasteiger partial charge in [-0.3, -0.25) is 24.2 Å². The normalized spacial score (nSPS) is 19.9. The summed E-state index contributed by atoms with van der Waals surface area (Å²) in [5, 5.41) is 18.6. The number of rotatable bonds is 9. The van der Waals surface area contributed by atoms with Crippen LogP contribution in [0.1, 0.15) is 61.6 Å². The predicted octanol–water partition coefficient (Wildman–Crippen LogP) is 3.28. The number of nitrogens with one attached hydrogen (secondary N) is 3. The summed E-state index contributed by atoms with van der Waals surface area (Å²) in [4.78, 5) is 63.8. The number of para-hydroxylation sites is 1. The van der Waals surface area contributed by atoms with Crippen LogP contribution in [0.2, 0.25) is 0 Å². The molecular formula is C34H36FN7O4. The number of hydrogen-bond acceptors (Lipinski definition) is 7. The molecule has 4 atom stereocenters. The van der Waals surface area contributed by atoms with Gasteiger partial charge in [-0.25, -0.2) is 9.37 Å². The molecule has 12 heteroatoms. The highest BCUT2D eigenvalue weighted by Gasteiger charge is 2.56. The molecule has 2 aromatic carbocycles. The molecule has 0 unspecified atom stereocenters. The van der Waals surface area contributed by atoms with Crippen molar-refractivity contribution >= 4 is 29.3 Å². The van der Waals surface area contributed by atoms with E-state index in [4.69, 9.17) is 0 Å². The van der Waals surface area contributed by atoms with Crippen molar-refractivity contribution in [3.8, 4) is 6.07 Å². The summed E-state index contributed by atoms with van der Waals surface area (Å²) in [6.07, 6.45) is 4.88. The number of carbonyl (C=O) groups excluding carboxylic acids is 4. The predicted molar refractivity (Wildman–Crippen MR) is 166 cm³/mol. The van der Waals surface area contributed by atoms with Crippen molar-refractivity contribution in [1.29, 1.82) is 5.26 Å². The number of aromatic nitrogens is 2. The molecule has 3 heterocycles. The lowest BCUT2D eigenvalue weighted by Gasteiger charge is -2.32. The average Bonchev–Trinajstić information content (AvgIpc) is 3.56. The third-order valence-corrected chi connectivity index (χ3v) is 8.40. The van der Waals surface area contributed by atoms with Gasteiger partial charge in [-0.05, 0) is 54.0 Å². The Kier molecular flexibility index (Phi) is 9.14. The third kappa shape index (κ3) is 6.88. The van der Waals surface area contributed by atoms with Gasteiger partial charge in [0.25, 0.3) is 5.91 Å². The van der Waals surface area contributed by atoms with E-state index in [1.807, 2.05) is 39.0 Å². The summed E-state index contributed by atoms with van der Waals surface area (Å²) in [6.45, 7) is 5.76. The van der Waals surface area contributed by atoms with Crippen LogP contribution in [0.3, 0.4) is 0 Å². The molecule has 3 N–H and O–H groups in total. The van der Waals surface area contributed by atoms with E-state index in [0.717, 1.165) is 11.1 Å². The maximum absolute atomic E-state index is 14.3. The lowest BCUT2D eigenvalue weighted by Crippen LogP contribution is -2.56. The van der Waals surface area contributed by atoms with Crippen LogP contribution >= 0.6 is 0 Å². The topological polar surface area (TPSA) is 157 Å². The second-order valence-electron chi connectivity index (χ2n) is 13.0. The fourth-order valence-electron chi connectivity index (χ4n) is 6.15. The number of likely N-dealkylation sites (tertiary alicyclic amines) is 1. The number of nitrogens with zero attached hydrogens (tertiary/aromatic N) is 4. The average molecular weight is 626 g/mol. The lowest BCUT2D eigenvalue weighted by atomic mass is 9.80. The number of hydrogen-bond donors (Lipinski definition) is 3. The second kappa shape index (κ2) is 13.0. The van der Waals surface area contributed by atoms with Crippen molar-refractivity contribution in [3.05, 3.63) is 89.8 Å². The molecule has 1 aromatic heterocycles. The van der Waals surface area contributed by atoms with E-state index >= 15 is 0 Å². The van der Waals surface area contributed by atoms with E-state index < -0.39 is 52.5 Å². The first-order valence-corrected chi connectivity index (χ1v) is 15.1. The molecule has 3 aromatic rings. The zero-order valence-corrected chi connectivity index (χ0v) is 25.9. The molecule has 0 aliphatic carbocycles. The SMILES string of the molecule is CC(C)(C)C[C@H](NC(=O)[C@H](CCc1ccc(F)cc1)NC(=O)c1cnccn1)C(=O)N1C[C@]2(C[C@H]1C#N)C(=O)Nc1ccccc12. The van der Waals surface area contributed by atoms with Gasteiger partial charge >= 0.3 is 0 Å². The Morgan fingerprint density at radius 1 is 1.11 bits per heavy atom. The van der Waals surface area contributed by atoms with Gasteiger partial charge in [-0.15, -0.1) is 0 Å². The fourth-order valence-corrected chi connectivity index (χ4v) is 6.15. The maximum Gasteiger partial charge on any atom is 0.272 e. The third-order valence-electron chi connectivity index (χ3n) is 8.40. The van der Waals surface area contributed by atoms with E-state index in [0.29, 0.717) is 12.1 Å². The quantitative estimate of drug-likeness (QED) is 0.329. The molecule has 2 aliphatic rings. The minimum absolute atomic E-state index is 0.0127. The van der Waals surface area contributed by atoms with Crippen molar-refractivity contribution in [2.45, 2.75) is 70.0 Å². The Bertz CT molecular complexity index is 1670. The summed E-state index contributed by atoms with van der Waals surface area (Å²) >= 11 is 0. The van der Waals surface area contributed by atoms with Gasteiger partial charge in [0.2, 0.25) is 17.7 Å². The van der Waals surface area contributed by atoms with E-state index in [2.05, 4.69) is 32.0 Å². The Balaban J connectivity index is 1.39. The minimum Gasteiger partial charge on any atom is -0.342 e. The van der Waals surface area contributed by atoms with Gasteiger partial charge in [0.05, 0.1) is 17.7 Å². The number of anilines is 1. The van der Waals surface area contributed by atoms with Crippen LogP contribution < -0.4 is 16.0 Å². The summed E-state index contributed by atoms with van der Waals surface area (Å²) in [7, 11) is 0. The molecule has 11 nitrogen and oxygen atoms in total. The van der Waals surface area contributed by atoms with Crippen LogP contribution in [-0.4, -0.2) is 63.2 Å². The van der Waals surface area contributed by atoms with Crippen LogP contribution in [0.25, 0.3) is 0 Å². The number of benzene rings is 2. The van der Waals surface area contributed by atoms with Gasteiger partial charge < -0.3 is 20.9 Å².